The first-order valence-corrected chi connectivity index (χ1v) is 11.3. The molecule has 1 aliphatic rings. The van der Waals surface area contributed by atoms with E-state index in [1.165, 1.54) is 7.11 Å². The van der Waals surface area contributed by atoms with Crippen molar-refractivity contribution in [1.82, 2.24) is 4.90 Å². The van der Waals surface area contributed by atoms with Gasteiger partial charge >= 0.3 is 0 Å². The third kappa shape index (κ3) is 3.58. The van der Waals surface area contributed by atoms with Crippen molar-refractivity contribution in [3.8, 4) is 11.5 Å². The van der Waals surface area contributed by atoms with Gasteiger partial charge in [0.25, 0.3) is 5.91 Å². The molecule has 1 atom stereocenters. The maximum Gasteiger partial charge on any atom is 0.290 e. The summed E-state index contributed by atoms with van der Waals surface area (Å²) in [5, 5.41) is 10.7. The Morgan fingerprint density at radius 3 is 2.55 bits per heavy atom. The molecule has 3 aromatic carbocycles. The van der Waals surface area contributed by atoms with E-state index in [2.05, 4.69) is 15.9 Å². The van der Waals surface area contributed by atoms with Crippen LogP contribution in [-0.4, -0.2) is 29.6 Å². The highest BCUT2D eigenvalue weighted by molar-refractivity contribution is 9.10. The number of methoxy groups -OCH3 is 1. The molecule has 7 heteroatoms. The second-order valence-corrected chi connectivity index (χ2v) is 8.71. The number of carbonyl (C=O) groups excluding carboxylic acids is 1. The van der Waals surface area contributed by atoms with E-state index in [-0.39, 0.29) is 28.6 Å². The van der Waals surface area contributed by atoms with E-state index in [0.29, 0.717) is 39.5 Å². The van der Waals surface area contributed by atoms with Crippen LogP contribution >= 0.6 is 15.9 Å². The summed E-state index contributed by atoms with van der Waals surface area (Å²) in [5.41, 5.74) is 2.15. The second kappa shape index (κ2) is 8.41. The Kier molecular flexibility index (Phi) is 5.42. The second-order valence-electron chi connectivity index (χ2n) is 7.86. The minimum absolute atomic E-state index is 0.0489. The summed E-state index contributed by atoms with van der Waals surface area (Å²) in [4.78, 5) is 28.7. The van der Waals surface area contributed by atoms with Gasteiger partial charge < -0.3 is 19.2 Å². The lowest BCUT2D eigenvalue weighted by atomic mass is 9.97. The lowest BCUT2D eigenvalue weighted by Crippen LogP contribution is -2.31. The van der Waals surface area contributed by atoms with E-state index >= 15 is 0 Å². The van der Waals surface area contributed by atoms with Gasteiger partial charge in [0.2, 0.25) is 5.76 Å². The highest BCUT2D eigenvalue weighted by Gasteiger charge is 2.43. The predicted molar refractivity (Wildman–Crippen MR) is 128 cm³/mol. The Labute approximate surface area is 198 Å². The normalized spacial score (nSPS) is 15.2. The smallest absolute Gasteiger partial charge is 0.290 e. The van der Waals surface area contributed by atoms with E-state index in [1.54, 1.807) is 41.3 Å². The van der Waals surface area contributed by atoms with Crippen molar-refractivity contribution < 1.29 is 19.1 Å². The van der Waals surface area contributed by atoms with Gasteiger partial charge in [-0.15, -0.1) is 0 Å². The van der Waals surface area contributed by atoms with Gasteiger partial charge in [-0.1, -0.05) is 42.5 Å². The molecule has 1 aliphatic heterocycles. The highest BCUT2D eigenvalue weighted by atomic mass is 79.9. The molecule has 5 rings (SSSR count). The SMILES string of the molecule is COc1cc(C2c3c(oc4ccccc4c3=O)C(=O)N2CCc2ccccc2)cc(Br)c1O. The maximum absolute atomic E-state index is 13.5. The molecule has 2 heterocycles. The number of phenols is 1. The number of carbonyl (C=O) groups is 1. The first kappa shape index (κ1) is 21.3. The summed E-state index contributed by atoms with van der Waals surface area (Å²) in [6.07, 6.45) is 0.612. The first-order valence-electron chi connectivity index (χ1n) is 10.5. The van der Waals surface area contributed by atoms with Crippen LogP contribution in [0.15, 0.2) is 80.4 Å². The summed E-state index contributed by atoms with van der Waals surface area (Å²) in [7, 11) is 1.45. The third-order valence-electron chi connectivity index (χ3n) is 5.94. The van der Waals surface area contributed by atoms with Crippen molar-refractivity contribution in [1.29, 1.82) is 0 Å². The topological polar surface area (TPSA) is 80.0 Å². The Morgan fingerprint density at radius 2 is 1.79 bits per heavy atom. The summed E-state index contributed by atoms with van der Waals surface area (Å²) < 4.78 is 11.7. The largest absolute Gasteiger partial charge is 0.503 e. The van der Waals surface area contributed by atoms with Gasteiger partial charge in [0, 0.05) is 6.54 Å². The van der Waals surface area contributed by atoms with E-state index in [1.807, 2.05) is 30.3 Å². The summed E-state index contributed by atoms with van der Waals surface area (Å²) in [6, 6.07) is 19.4. The molecule has 6 nitrogen and oxygen atoms in total. The molecule has 1 N–H and O–H groups in total. The van der Waals surface area contributed by atoms with Crippen molar-refractivity contribution in [2.75, 3.05) is 13.7 Å². The molecule has 0 spiro atoms. The van der Waals surface area contributed by atoms with Gasteiger partial charge in [0.15, 0.2) is 16.9 Å². The van der Waals surface area contributed by atoms with Crippen LogP contribution in [-0.2, 0) is 6.42 Å². The molecule has 0 saturated heterocycles. The number of amides is 1. The number of aromatic hydroxyl groups is 1. The number of fused-ring (bicyclic) bond motifs is 2. The quantitative estimate of drug-likeness (QED) is 0.410. The minimum atomic E-state index is -0.678. The van der Waals surface area contributed by atoms with Gasteiger partial charge in [-0.05, 0) is 57.7 Å². The standard InChI is InChI=1S/C26H20BrNO5/c1-32-20-14-16(13-18(27)24(20)30)22-21-23(29)17-9-5-6-10-19(17)33-25(21)26(31)28(22)12-11-15-7-3-2-4-8-15/h2-10,13-14,22,30H,11-12H2,1H3. The molecular weight excluding hydrogens is 486 g/mol. The maximum atomic E-state index is 13.5. The number of hydrogen-bond donors (Lipinski definition) is 1. The van der Waals surface area contributed by atoms with Crippen LogP contribution in [0.5, 0.6) is 11.5 Å². The molecule has 166 valence electrons. The molecule has 0 bridgehead atoms. The average Bonchev–Trinajstić information content (AvgIpc) is 3.12. The molecular formula is C26H20BrNO5. The molecule has 0 saturated carbocycles. The van der Waals surface area contributed by atoms with Gasteiger partial charge in [-0.2, -0.15) is 0 Å². The van der Waals surface area contributed by atoms with Crippen LogP contribution in [0.4, 0.5) is 0 Å². The van der Waals surface area contributed by atoms with Crippen molar-refractivity contribution in [2.45, 2.75) is 12.5 Å². The van der Waals surface area contributed by atoms with Crippen LogP contribution in [0.25, 0.3) is 11.0 Å². The van der Waals surface area contributed by atoms with Crippen LogP contribution in [0, 0.1) is 0 Å². The number of ether oxygens (including phenoxy) is 1. The van der Waals surface area contributed by atoms with Crippen LogP contribution in [0.1, 0.15) is 33.3 Å². The van der Waals surface area contributed by atoms with Crippen LogP contribution < -0.4 is 10.2 Å². The molecule has 0 fully saturated rings. The van der Waals surface area contributed by atoms with Crippen molar-refractivity contribution in [3.05, 3.63) is 104 Å². The molecule has 33 heavy (non-hydrogen) atoms. The Bertz CT molecular complexity index is 1430. The molecule has 1 amide bonds. The monoisotopic (exact) mass is 505 g/mol. The fourth-order valence-corrected chi connectivity index (χ4v) is 4.81. The number of halogens is 1. The summed E-state index contributed by atoms with van der Waals surface area (Å²) >= 11 is 3.36. The zero-order valence-electron chi connectivity index (χ0n) is 17.7. The van der Waals surface area contributed by atoms with Gasteiger partial charge in [0.1, 0.15) is 5.58 Å². The minimum Gasteiger partial charge on any atom is -0.503 e. The van der Waals surface area contributed by atoms with E-state index < -0.39 is 6.04 Å². The fourth-order valence-electron chi connectivity index (χ4n) is 4.35. The molecule has 4 aromatic rings. The number of phenolic OH excluding ortho intramolecular Hbond substituents is 1. The number of benzene rings is 3. The zero-order valence-corrected chi connectivity index (χ0v) is 19.3. The lowest BCUT2D eigenvalue weighted by Gasteiger charge is -2.26. The zero-order chi connectivity index (χ0) is 23.1. The molecule has 1 aromatic heterocycles. The molecule has 0 aliphatic carbocycles. The number of nitrogens with zero attached hydrogens (tertiary/aromatic N) is 1. The third-order valence-corrected chi connectivity index (χ3v) is 6.55. The number of para-hydroxylation sites is 1. The Morgan fingerprint density at radius 1 is 1.06 bits per heavy atom. The van der Waals surface area contributed by atoms with Gasteiger partial charge in [-0.25, -0.2) is 0 Å². The lowest BCUT2D eigenvalue weighted by molar-refractivity contribution is 0.0730. The van der Waals surface area contributed by atoms with E-state index in [0.717, 1.165) is 5.56 Å². The first-order chi connectivity index (χ1) is 16.0. The van der Waals surface area contributed by atoms with Crippen molar-refractivity contribution in [3.63, 3.8) is 0 Å². The van der Waals surface area contributed by atoms with Crippen molar-refractivity contribution in [2.24, 2.45) is 0 Å². The average molecular weight is 506 g/mol. The Balaban J connectivity index is 1.69. The Hall–Kier alpha value is -3.58. The van der Waals surface area contributed by atoms with E-state index in [4.69, 9.17) is 9.15 Å². The van der Waals surface area contributed by atoms with Crippen LogP contribution in [0.2, 0.25) is 0 Å². The number of hydrogen-bond acceptors (Lipinski definition) is 5. The fraction of sp³-hybridized carbons (Fsp3) is 0.154. The van der Waals surface area contributed by atoms with Gasteiger partial charge in [-0.3, -0.25) is 9.59 Å². The number of rotatable bonds is 5. The predicted octanol–water partition coefficient (Wildman–Crippen LogP) is 5.06. The molecule has 1 unspecified atom stereocenters. The summed E-state index contributed by atoms with van der Waals surface area (Å²) in [5.74, 6) is -0.0856. The summed E-state index contributed by atoms with van der Waals surface area (Å²) in [6.45, 7) is 0.383. The highest BCUT2D eigenvalue weighted by Crippen LogP contribution is 2.43. The molecule has 0 radical (unpaired) electrons. The van der Waals surface area contributed by atoms with Crippen LogP contribution in [0.3, 0.4) is 0 Å². The van der Waals surface area contributed by atoms with Crippen molar-refractivity contribution >= 4 is 32.8 Å². The van der Waals surface area contributed by atoms with E-state index in [9.17, 15) is 14.7 Å². The van der Waals surface area contributed by atoms with Gasteiger partial charge in [0.05, 0.1) is 28.6 Å².